The molecule has 1 aromatic rings. The number of imide groups is 1. The lowest BCUT2D eigenvalue weighted by Gasteiger charge is -2.21. The van der Waals surface area contributed by atoms with Crippen molar-refractivity contribution in [3.05, 3.63) is 29.3 Å². The van der Waals surface area contributed by atoms with Crippen LogP contribution in [0.1, 0.15) is 40.5 Å². The van der Waals surface area contributed by atoms with Gasteiger partial charge in [0.2, 0.25) is 5.91 Å². The van der Waals surface area contributed by atoms with E-state index in [-0.39, 0.29) is 35.6 Å². The summed E-state index contributed by atoms with van der Waals surface area (Å²) in [5, 5.41) is 11.4. The van der Waals surface area contributed by atoms with Crippen LogP contribution >= 0.6 is 0 Å². The van der Waals surface area contributed by atoms with Gasteiger partial charge in [-0.3, -0.25) is 19.3 Å². The highest BCUT2D eigenvalue weighted by molar-refractivity contribution is 6.23. The van der Waals surface area contributed by atoms with Crippen LogP contribution in [0, 0.1) is 0 Å². The number of carboxylic acids is 1. The molecule has 26 heavy (non-hydrogen) atoms. The fourth-order valence-electron chi connectivity index (χ4n) is 2.57. The molecule has 0 aliphatic carbocycles. The van der Waals surface area contributed by atoms with Crippen LogP contribution in [0.4, 0.5) is 0 Å². The minimum atomic E-state index is -1.23. The van der Waals surface area contributed by atoms with E-state index in [0.717, 1.165) is 4.90 Å². The van der Waals surface area contributed by atoms with Gasteiger partial charge < -0.3 is 20.0 Å². The van der Waals surface area contributed by atoms with Gasteiger partial charge in [-0.15, -0.1) is 0 Å². The highest BCUT2D eigenvalue weighted by Crippen LogP contribution is 2.33. The minimum Gasteiger partial charge on any atom is -0.479 e. The molecule has 0 spiro atoms. The summed E-state index contributed by atoms with van der Waals surface area (Å²) >= 11 is 0. The van der Waals surface area contributed by atoms with Crippen molar-refractivity contribution in [3.63, 3.8) is 0 Å². The van der Waals surface area contributed by atoms with Gasteiger partial charge in [-0.25, -0.2) is 4.79 Å². The molecule has 3 amide bonds. The monoisotopic (exact) mass is 362 g/mol. The first-order valence-corrected chi connectivity index (χ1v) is 7.88. The topological polar surface area (TPSA) is 130 Å². The smallest absolute Gasteiger partial charge is 0.344 e. The van der Waals surface area contributed by atoms with Crippen molar-refractivity contribution in [2.24, 2.45) is 0 Å². The van der Waals surface area contributed by atoms with Crippen LogP contribution in [0.2, 0.25) is 0 Å². The number of hydrogen-bond donors (Lipinski definition) is 2. The number of nitrogens with zero attached hydrogens (tertiary/aromatic N) is 1. The van der Waals surface area contributed by atoms with Crippen LogP contribution in [0.25, 0.3) is 0 Å². The van der Waals surface area contributed by atoms with Gasteiger partial charge in [-0.2, -0.15) is 0 Å². The molecule has 0 radical (unpaired) electrons. The molecule has 0 fully saturated rings. The molecule has 2 N–H and O–H groups in total. The summed E-state index contributed by atoms with van der Waals surface area (Å²) in [5.74, 6) is -3.05. The number of amides is 3. The highest BCUT2D eigenvalue weighted by atomic mass is 16.5. The number of aliphatic carboxylic acids is 1. The highest BCUT2D eigenvalue weighted by Gasteiger charge is 2.42. The molecule has 9 heteroatoms. The Labute approximate surface area is 148 Å². The Morgan fingerprint density at radius 3 is 2.58 bits per heavy atom. The lowest BCUT2D eigenvalue weighted by atomic mass is 10.1. The zero-order valence-electron chi connectivity index (χ0n) is 14.2. The van der Waals surface area contributed by atoms with Crippen molar-refractivity contribution >= 4 is 30.0 Å². The molecule has 138 valence electrons. The van der Waals surface area contributed by atoms with E-state index < -0.39 is 29.9 Å². The van der Waals surface area contributed by atoms with E-state index in [2.05, 4.69) is 5.32 Å². The lowest BCUT2D eigenvalue weighted by Crippen LogP contribution is -2.41. The quantitative estimate of drug-likeness (QED) is 0.500. The second-order valence-corrected chi connectivity index (χ2v) is 5.67. The normalized spacial score (nSPS) is 15.2. The predicted octanol–water partition coefficient (Wildman–Crippen LogP) is 0.228. The number of ether oxygens (including phenoxy) is 1. The van der Waals surface area contributed by atoms with Crippen LogP contribution in [0.15, 0.2) is 18.2 Å². The average molecular weight is 362 g/mol. The number of hydrogen-bond acceptors (Lipinski definition) is 6. The van der Waals surface area contributed by atoms with E-state index >= 15 is 0 Å². The van der Waals surface area contributed by atoms with Crippen LogP contribution in [0.3, 0.4) is 0 Å². The molecular formula is C17H18N2O7. The molecule has 0 saturated carbocycles. The SMILES string of the molecule is CNC(=O)CC[C@@H](C=O)N1C(=O)c2cccc(O[C@@H](C)C(=O)O)c2C1=O. The Balaban J connectivity index is 2.32. The number of rotatable bonds is 8. The van der Waals surface area contributed by atoms with E-state index in [4.69, 9.17) is 9.84 Å². The second-order valence-electron chi connectivity index (χ2n) is 5.67. The molecule has 0 aromatic heterocycles. The van der Waals surface area contributed by atoms with Crippen molar-refractivity contribution in [2.45, 2.75) is 31.9 Å². The summed E-state index contributed by atoms with van der Waals surface area (Å²) in [7, 11) is 1.44. The van der Waals surface area contributed by atoms with Crippen molar-refractivity contribution in [2.75, 3.05) is 7.05 Å². The molecule has 0 unspecified atom stereocenters. The number of nitrogens with one attached hydrogen (secondary N) is 1. The Kier molecular flexibility index (Phi) is 5.71. The molecule has 1 aromatic carbocycles. The summed E-state index contributed by atoms with van der Waals surface area (Å²) in [6, 6.07) is 3.13. The zero-order valence-corrected chi connectivity index (χ0v) is 14.2. The molecule has 1 heterocycles. The van der Waals surface area contributed by atoms with E-state index in [1.165, 1.54) is 32.2 Å². The average Bonchev–Trinajstić information content (AvgIpc) is 2.87. The Bertz CT molecular complexity index is 774. The van der Waals surface area contributed by atoms with E-state index in [0.29, 0.717) is 6.29 Å². The molecule has 2 atom stereocenters. The maximum atomic E-state index is 12.7. The van der Waals surface area contributed by atoms with Gasteiger partial charge in [0.1, 0.15) is 12.0 Å². The number of carbonyl (C=O) groups is 5. The van der Waals surface area contributed by atoms with E-state index in [9.17, 15) is 24.0 Å². The number of benzene rings is 1. The van der Waals surface area contributed by atoms with Crippen LogP contribution < -0.4 is 10.1 Å². The first kappa shape index (κ1) is 19.1. The third-order valence-corrected chi connectivity index (χ3v) is 3.99. The van der Waals surface area contributed by atoms with Gasteiger partial charge in [-0.05, 0) is 25.5 Å². The largest absolute Gasteiger partial charge is 0.479 e. The molecule has 1 aliphatic heterocycles. The van der Waals surface area contributed by atoms with Gasteiger partial charge in [0.05, 0.1) is 17.2 Å². The minimum absolute atomic E-state index is 0.0175. The summed E-state index contributed by atoms with van der Waals surface area (Å²) in [4.78, 5) is 59.8. The summed E-state index contributed by atoms with van der Waals surface area (Å²) < 4.78 is 5.26. The van der Waals surface area contributed by atoms with Crippen molar-refractivity contribution < 1.29 is 33.8 Å². The van der Waals surface area contributed by atoms with Crippen LogP contribution in [0.5, 0.6) is 5.75 Å². The summed E-state index contributed by atoms with van der Waals surface area (Å²) in [6.45, 7) is 1.29. The summed E-state index contributed by atoms with van der Waals surface area (Å²) in [6.07, 6.45) is -0.845. The predicted molar refractivity (Wildman–Crippen MR) is 87.8 cm³/mol. The van der Waals surface area contributed by atoms with Gasteiger partial charge in [0.25, 0.3) is 11.8 Å². The number of fused-ring (bicyclic) bond motifs is 1. The number of carbonyl (C=O) groups excluding carboxylic acids is 4. The van der Waals surface area contributed by atoms with Gasteiger partial charge in [-0.1, -0.05) is 6.07 Å². The van der Waals surface area contributed by atoms with E-state index in [1.807, 2.05) is 0 Å². The molecule has 0 bridgehead atoms. The fourth-order valence-corrected chi connectivity index (χ4v) is 2.57. The molecule has 0 saturated heterocycles. The summed E-state index contributed by atoms with van der Waals surface area (Å²) in [5.41, 5.74) is -0.0609. The maximum Gasteiger partial charge on any atom is 0.344 e. The van der Waals surface area contributed by atoms with Crippen LogP contribution in [-0.4, -0.2) is 59.2 Å². The third kappa shape index (κ3) is 3.56. The Hall–Kier alpha value is -3.23. The number of carboxylic acid groups (broad SMARTS) is 1. The van der Waals surface area contributed by atoms with Gasteiger partial charge >= 0.3 is 5.97 Å². The molecular weight excluding hydrogens is 344 g/mol. The Morgan fingerprint density at radius 2 is 2.00 bits per heavy atom. The molecule has 9 nitrogen and oxygen atoms in total. The first-order valence-electron chi connectivity index (χ1n) is 7.88. The maximum absolute atomic E-state index is 12.7. The second kappa shape index (κ2) is 7.77. The van der Waals surface area contributed by atoms with E-state index in [1.54, 1.807) is 0 Å². The van der Waals surface area contributed by atoms with Crippen molar-refractivity contribution in [3.8, 4) is 5.75 Å². The number of aldehydes is 1. The van der Waals surface area contributed by atoms with Crippen molar-refractivity contribution in [1.29, 1.82) is 0 Å². The van der Waals surface area contributed by atoms with Gasteiger partial charge in [0.15, 0.2) is 6.10 Å². The lowest BCUT2D eigenvalue weighted by molar-refractivity contribution is -0.144. The Morgan fingerprint density at radius 1 is 1.31 bits per heavy atom. The van der Waals surface area contributed by atoms with Gasteiger partial charge in [0, 0.05) is 13.5 Å². The first-order chi connectivity index (χ1) is 12.3. The fraction of sp³-hybridized carbons (Fsp3) is 0.353. The third-order valence-electron chi connectivity index (χ3n) is 3.99. The molecule has 1 aliphatic rings. The standard InChI is InChI=1S/C17H18N2O7/c1-9(17(24)25)26-12-5-3-4-11-14(12)16(23)19(15(11)22)10(8-20)6-7-13(21)18-2/h3-5,8-10H,6-7H2,1-2H3,(H,18,21)(H,24,25)/t9-,10-/m0/s1. The van der Waals surface area contributed by atoms with Crippen LogP contribution in [-0.2, 0) is 14.4 Å². The van der Waals surface area contributed by atoms with Crippen molar-refractivity contribution in [1.82, 2.24) is 10.2 Å². The molecule has 2 rings (SSSR count). The zero-order chi connectivity index (χ0) is 19.4.